The molecule has 0 aliphatic heterocycles. The van der Waals surface area contributed by atoms with E-state index in [0.717, 1.165) is 0 Å². The Labute approximate surface area is 96.8 Å². The number of hydrogen-bond donors (Lipinski definition) is 0. The molecule has 1 rings (SSSR count). The molecule has 1 aliphatic rings. The number of hydrogen-bond acceptors (Lipinski definition) is 0. The lowest BCUT2D eigenvalue weighted by molar-refractivity contribution is 0.0341. The summed E-state index contributed by atoms with van der Waals surface area (Å²) in [6.07, 6.45) is 13.0. The fourth-order valence-corrected chi connectivity index (χ4v) is 3.13. The van der Waals surface area contributed by atoms with Crippen molar-refractivity contribution in [2.45, 2.75) is 85.5 Å². The van der Waals surface area contributed by atoms with Gasteiger partial charge < -0.3 is 0 Å². The van der Waals surface area contributed by atoms with Gasteiger partial charge in [0.2, 0.25) is 0 Å². The molecule has 0 nitrogen and oxygen atoms in total. The molecule has 0 amide bonds. The highest BCUT2D eigenvalue weighted by Gasteiger charge is 2.40. The molecule has 90 valence electrons. The van der Waals surface area contributed by atoms with Crippen LogP contribution in [-0.4, -0.2) is 0 Å². The molecular weight excluding hydrogens is 180 g/mol. The van der Waals surface area contributed by atoms with Crippen molar-refractivity contribution < 1.29 is 0 Å². The predicted octanol–water partition coefficient (Wildman–Crippen LogP) is 5.56. The largest absolute Gasteiger partial charge is 0.0654 e. The molecule has 1 aliphatic carbocycles. The average Bonchev–Trinajstić information content (AvgIpc) is 2.19. The van der Waals surface area contributed by atoms with Crippen LogP contribution in [0.15, 0.2) is 0 Å². The fourth-order valence-electron chi connectivity index (χ4n) is 3.13. The van der Waals surface area contributed by atoms with Crippen molar-refractivity contribution in [3.05, 3.63) is 0 Å². The molecular formula is C15H30. The van der Waals surface area contributed by atoms with Crippen molar-refractivity contribution in [2.24, 2.45) is 10.8 Å². The lowest BCUT2D eigenvalue weighted by Gasteiger charge is -2.47. The van der Waals surface area contributed by atoms with Gasteiger partial charge in [0.1, 0.15) is 0 Å². The van der Waals surface area contributed by atoms with E-state index in [9.17, 15) is 0 Å². The Balaban J connectivity index is 2.49. The monoisotopic (exact) mass is 210 g/mol. The van der Waals surface area contributed by atoms with Gasteiger partial charge in [0, 0.05) is 0 Å². The predicted molar refractivity (Wildman–Crippen MR) is 69.1 cm³/mol. The summed E-state index contributed by atoms with van der Waals surface area (Å²) in [5.41, 5.74) is 1.18. The first-order valence-corrected chi connectivity index (χ1v) is 7.02. The van der Waals surface area contributed by atoms with E-state index in [2.05, 4.69) is 27.7 Å². The maximum Gasteiger partial charge on any atom is -0.0275 e. The van der Waals surface area contributed by atoms with E-state index in [4.69, 9.17) is 0 Å². The first-order chi connectivity index (χ1) is 7.02. The van der Waals surface area contributed by atoms with Crippen LogP contribution in [0.4, 0.5) is 0 Å². The van der Waals surface area contributed by atoms with Gasteiger partial charge in [-0.3, -0.25) is 0 Å². The third-order valence-electron chi connectivity index (χ3n) is 5.00. The Bertz CT molecular complexity index is 172. The summed E-state index contributed by atoms with van der Waals surface area (Å²) in [6, 6.07) is 0. The van der Waals surface area contributed by atoms with Crippen LogP contribution < -0.4 is 0 Å². The van der Waals surface area contributed by atoms with E-state index in [1.165, 1.54) is 57.8 Å². The van der Waals surface area contributed by atoms with E-state index in [-0.39, 0.29) is 0 Å². The summed E-state index contributed by atoms with van der Waals surface area (Å²) in [5, 5.41) is 0. The summed E-state index contributed by atoms with van der Waals surface area (Å²) < 4.78 is 0. The fraction of sp³-hybridized carbons (Fsp3) is 1.00. The van der Waals surface area contributed by atoms with Crippen LogP contribution >= 0.6 is 0 Å². The smallest absolute Gasteiger partial charge is 0.0275 e. The van der Waals surface area contributed by atoms with Gasteiger partial charge >= 0.3 is 0 Å². The van der Waals surface area contributed by atoms with Gasteiger partial charge in [0.25, 0.3) is 0 Å². The maximum absolute atomic E-state index is 2.54. The molecule has 0 spiro atoms. The van der Waals surface area contributed by atoms with Crippen molar-refractivity contribution in [3.8, 4) is 0 Å². The van der Waals surface area contributed by atoms with Crippen LogP contribution in [0.3, 0.4) is 0 Å². The van der Waals surface area contributed by atoms with Crippen molar-refractivity contribution in [1.29, 1.82) is 0 Å². The lowest BCUT2D eigenvalue weighted by atomic mass is 9.58. The highest BCUT2D eigenvalue weighted by molar-refractivity contribution is 4.91. The van der Waals surface area contributed by atoms with E-state index < -0.39 is 0 Å². The topological polar surface area (TPSA) is 0 Å². The zero-order valence-corrected chi connectivity index (χ0v) is 11.4. The van der Waals surface area contributed by atoms with Crippen LogP contribution in [0, 0.1) is 10.8 Å². The van der Waals surface area contributed by atoms with E-state index in [0.29, 0.717) is 10.8 Å². The summed E-state index contributed by atoms with van der Waals surface area (Å²) in [4.78, 5) is 0. The molecule has 0 aromatic carbocycles. The molecule has 0 heteroatoms. The Morgan fingerprint density at radius 1 is 1.00 bits per heavy atom. The summed E-state index contributed by atoms with van der Waals surface area (Å²) in [7, 11) is 0. The summed E-state index contributed by atoms with van der Waals surface area (Å²) in [6.45, 7) is 9.86. The molecule has 0 radical (unpaired) electrons. The number of unbranched alkanes of at least 4 members (excludes halogenated alkanes) is 2. The third kappa shape index (κ3) is 3.23. The van der Waals surface area contributed by atoms with Gasteiger partial charge in [0.15, 0.2) is 0 Å². The molecule has 1 saturated carbocycles. The van der Waals surface area contributed by atoms with Gasteiger partial charge in [-0.15, -0.1) is 0 Å². The van der Waals surface area contributed by atoms with Crippen molar-refractivity contribution in [1.82, 2.24) is 0 Å². The van der Waals surface area contributed by atoms with E-state index in [1.54, 1.807) is 0 Å². The Morgan fingerprint density at radius 2 is 1.60 bits per heavy atom. The minimum Gasteiger partial charge on any atom is -0.0654 e. The Hall–Kier alpha value is 0. The second kappa shape index (κ2) is 5.37. The first-order valence-electron chi connectivity index (χ1n) is 7.02. The lowest BCUT2D eigenvalue weighted by Crippen LogP contribution is -2.37. The molecule has 0 heterocycles. The van der Waals surface area contributed by atoms with Gasteiger partial charge in [-0.05, 0) is 30.1 Å². The second-order valence-electron chi connectivity index (χ2n) is 6.46. The van der Waals surface area contributed by atoms with Crippen LogP contribution in [0.2, 0.25) is 0 Å². The van der Waals surface area contributed by atoms with Crippen LogP contribution in [0.25, 0.3) is 0 Å². The highest BCUT2D eigenvalue weighted by Crippen LogP contribution is 2.51. The molecule has 1 fully saturated rings. The molecule has 0 bridgehead atoms. The first kappa shape index (κ1) is 13.1. The van der Waals surface area contributed by atoms with Crippen LogP contribution in [0.5, 0.6) is 0 Å². The molecule has 15 heavy (non-hydrogen) atoms. The summed E-state index contributed by atoms with van der Waals surface area (Å²) >= 11 is 0. The van der Waals surface area contributed by atoms with Crippen LogP contribution in [-0.2, 0) is 0 Å². The molecule has 0 unspecified atom stereocenters. The zero-order chi connectivity index (χ0) is 11.4. The SMILES string of the molecule is CCCCCC(C)(C)C1(C)CCCCC1. The van der Waals surface area contributed by atoms with E-state index in [1.807, 2.05) is 0 Å². The Morgan fingerprint density at radius 3 is 2.13 bits per heavy atom. The van der Waals surface area contributed by atoms with E-state index >= 15 is 0 Å². The minimum absolute atomic E-state index is 0.558. The minimum atomic E-state index is 0.558. The van der Waals surface area contributed by atoms with Gasteiger partial charge in [-0.25, -0.2) is 0 Å². The Kier molecular flexibility index (Phi) is 4.67. The highest BCUT2D eigenvalue weighted by atomic mass is 14.5. The molecule has 0 N–H and O–H groups in total. The van der Waals surface area contributed by atoms with Crippen molar-refractivity contribution in [3.63, 3.8) is 0 Å². The standard InChI is InChI=1S/C15H30/c1-5-6-8-11-14(2,3)15(4)12-9-7-10-13-15/h5-13H2,1-4H3. The molecule has 0 atom stereocenters. The second-order valence-corrected chi connectivity index (χ2v) is 6.46. The number of rotatable bonds is 5. The maximum atomic E-state index is 2.54. The molecule has 0 saturated heterocycles. The molecule has 0 aromatic heterocycles. The third-order valence-corrected chi connectivity index (χ3v) is 5.00. The van der Waals surface area contributed by atoms with Crippen LogP contribution in [0.1, 0.15) is 85.5 Å². The van der Waals surface area contributed by atoms with Crippen molar-refractivity contribution >= 4 is 0 Å². The summed E-state index contributed by atoms with van der Waals surface area (Å²) in [5.74, 6) is 0. The average molecular weight is 210 g/mol. The quantitative estimate of drug-likeness (QED) is 0.521. The van der Waals surface area contributed by atoms with Gasteiger partial charge in [-0.1, -0.05) is 66.2 Å². The van der Waals surface area contributed by atoms with Gasteiger partial charge in [-0.2, -0.15) is 0 Å². The van der Waals surface area contributed by atoms with Crippen molar-refractivity contribution in [2.75, 3.05) is 0 Å². The van der Waals surface area contributed by atoms with Gasteiger partial charge in [0.05, 0.1) is 0 Å². The zero-order valence-electron chi connectivity index (χ0n) is 11.4. The molecule has 0 aromatic rings. The normalized spacial score (nSPS) is 21.6.